The first-order valence-corrected chi connectivity index (χ1v) is 6.48. The Morgan fingerprint density at radius 1 is 1.45 bits per heavy atom. The van der Waals surface area contributed by atoms with Gasteiger partial charge in [-0.05, 0) is 31.5 Å². The van der Waals surface area contributed by atoms with Crippen molar-refractivity contribution >= 4 is 11.6 Å². The molecule has 0 aromatic heterocycles. The maximum atomic E-state index is 11.2. The molecule has 1 aliphatic heterocycles. The summed E-state index contributed by atoms with van der Waals surface area (Å²) in [4.78, 5) is 23.3. The number of carbonyl (C=O) groups excluding carboxylic acids is 1. The van der Waals surface area contributed by atoms with Crippen LogP contribution in [0.3, 0.4) is 0 Å². The molecule has 1 saturated heterocycles. The van der Waals surface area contributed by atoms with E-state index in [0.717, 1.165) is 19.4 Å². The second-order valence-corrected chi connectivity index (χ2v) is 4.70. The number of hydrogen-bond donors (Lipinski definition) is 1. The number of nitrogens with zero attached hydrogens (tertiary/aromatic N) is 2. The SMILES string of the molecule is NC(=O)[C@H]1CCCN1CCOc1ccc([N+](=O)[O-])cc1. The number of hydrogen-bond acceptors (Lipinski definition) is 5. The summed E-state index contributed by atoms with van der Waals surface area (Å²) in [5, 5.41) is 10.5. The summed E-state index contributed by atoms with van der Waals surface area (Å²) in [7, 11) is 0. The van der Waals surface area contributed by atoms with Gasteiger partial charge in [-0.15, -0.1) is 0 Å². The summed E-state index contributed by atoms with van der Waals surface area (Å²) in [5.74, 6) is 0.281. The predicted molar refractivity (Wildman–Crippen MR) is 72.4 cm³/mol. The number of likely N-dealkylation sites (tertiary alicyclic amines) is 1. The monoisotopic (exact) mass is 279 g/mol. The predicted octanol–water partition coefficient (Wildman–Crippen LogP) is 0.923. The zero-order valence-corrected chi connectivity index (χ0v) is 11.0. The highest BCUT2D eigenvalue weighted by molar-refractivity contribution is 5.80. The smallest absolute Gasteiger partial charge is 0.269 e. The normalized spacial score (nSPS) is 18.9. The summed E-state index contributed by atoms with van der Waals surface area (Å²) < 4.78 is 5.51. The largest absolute Gasteiger partial charge is 0.492 e. The zero-order valence-electron chi connectivity index (χ0n) is 11.0. The molecule has 108 valence electrons. The number of nitrogens with two attached hydrogens (primary N) is 1. The average molecular weight is 279 g/mol. The zero-order chi connectivity index (χ0) is 14.5. The molecule has 20 heavy (non-hydrogen) atoms. The third kappa shape index (κ3) is 3.45. The van der Waals surface area contributed by atoms with Crippen molar-refractivity contribution in [3.63, 3.8) is 0 Å². The first-order chi connectivity index (χ1) is 9.58. The lowest BCUT2D eigenvalue weighted by atomic mass is 10.2. The van der Waals surface area contributed by atoms with Crippen LogP contribution in [0.25, 0.3) is 0 Å². The van der Waals surface area contributed by atoms with E-state index in [0.29, 0.717) is 18.9 Å². The van der Waals surface area contributed by atoms with Crippen molar-refractivity contribution in [2.45, 2.75) is 18.9 Å². The number of ether oxygens (including phenoxy) is 1. The summed E-state index contributed by atoms with van der Waals surface area (Å²) in [6, 6.07) is 5.73. The van der Waals surface area contributed by atoms with Gasteiger partial charge in [-0.25, -0.2) is 0 Å². The van der Waals surface area contributed by atoms with E-state index in [1.165, 1.54) is 12.1 Å². The van der Waals surface area contributed by atoms with Crippen LogP contribution in [0.5, 0.6) is 5.75 Å². The van der Waals surface area contributed by atoms with Crippen molar-refractivity contribution in [3.8, 4) is 5.75 Å². The minimum absolute atomic E-state index is 0.0330. The highest BCUT2D eigenvalue weighted by Gasteiger charge is 2.28. The number of non-ortho nitro benzene ring substituents is 1. The molecule has 0 bridgehead atoms. The number of carbonyl (C=O) groups is 1. The Bertz CT molecular complexity index is 489. The molecule has 7 nitrogen and oxygen atoms in total. The van der Waals surface area contributed by atoms with Crippen LogP contribution < -0.4 is 10.5 Å². The van der Waals surface area contributed by atoms with Crippen LogP contribution >= 0.6 is 0 Å². The molecule has 1 aliphatic rings. The standard InChI is InChI=1S/C13H17N3O4/c14-13(17)12-2-1-7-15(12)8-9-20-11-5-3-10(4-6-11)16(18)19/h3-6,12H,1-2,7-9H2,(H2,14,17)/t12-/m1/s1. The molecule has 1 aromatic rings. The third-order valence-corrected chi connectivity index (χ3v) is 3.39. The second-order valence-electron chi connectivity index (χ2n) is 4.70. The highest BCUT2D eigenvalue weighted by atomic mass is 16.6. The summed E-state index contributed by atoms with van der Waals surface area (Å²) >= 11 is 0. The van der Waals surface area contributed by atoms with Crippen molar-refractivity contribution in [1.29, 1.82) is 0 Å². The Labute approximate surface area is 116 Å². The average Bonchev–Trinajstić information content (AvgIpc) is 2.88. The van der Waals surface area contributed by atoms with Gasteiger partial charge in [0.2, 0.25) is 5.91 Å². The fraction of sp³-hybridized carbons (Fsp3) is 0.462. The van der Waals surface area contributed by atoms with Crippen LogP contribution in [-0.4, -0.2) is 41.5 Å². The van der Waals surface area contributed by atoms with E-state index in [4.69, 9.17) is 10.5 Å². The van der Waals surface area contributed by atoms with Crippen LogP contribution in [0.1, 0.15) is 12.8 Å². The number of amides is 1. The minimum Gasteiger partial charge on any atom is -0.492 e. The van der Waals surface area contributed by atoms with Crippen molar-refractivity contribution in [1.82, 2.24) is 4.90 Å². The van der Waals surface area contributed by atoms with Gasteiger partial charge < -0.3 is 10.5 Å². The Balaban J connectivity index is 1.81. The second kappa shape index (κ2) is 6.33. The molecule has 1 amide bonds. The van der Waals surface area contributed by atoms with Crippen molar-refractivity contribution < 1.29 is 14.5 Å². The van der Waals surface area contributed by atoms with Gasteiger partial charge in [0, 0.05) is 18.7 Å². The van der Waals surface area contributed by atoms with E-state index in [1.54, 1.807) is 12.1 Å². The van der Waals surface area contributed by atoms with Gasteiger partial charge in [-0.2, -0.15) is 0 Å². The molecule has 1 heterocycles. The minimum atomic E-state index is -0.453. The van der Waals surface area contributed by atoms with Crippen LogP contribution in [0.2, 0.25) is 0 Å². The topological polar surface area (TPSA) is 98.7 Å². The maximum Gasteiger partial charge on any atom is 0.269 e. The van der Waals surface area contributed by atoms with Crippen molar-refractivity contribution in [2.75, 3.05) is 19.7 Å². The Kier molecular flexibility index (Phi) is 4.52. The highest BCUT2D eigenvalue weighted by Crippen LogP contribution is 2.19. The van der Waals surface area contributed by atoms with E-state index >= 15 is 0 Å². The third-order valence-electron chi connectivity index (χ3n) is 3.39. The van der Waals surface area contributed by atoms with Gasteiger partial charge in [0.25, 0.3) is 5.69 Å². The first-order valence-electron chi connectivity index (χ1n) is 6.48. The van der Waals surface area contributed by atoms with Gasteiger partial charge in [0.15, 0.2) is 0 Å². The van der Waals surface area contributed by atoms with E-state index in [9.17, 15) is 14.9 Å². The molecule has 1 fully saturated rings. The van der Waals surface area contributed by atoms with E-state index in [1.807, 2.05) is 4.90 Å². The molecule has 0 unspecified atom stereocenters. The fourth-order valence-corrected chi connectivity index (χ4v) is 2.36. The van der Waals surface area contributed by atoms with Crippen LogP contribution in [0.15, 0.2) is 24.3 Å². The summed E-state index contributed by atoms with van der Waals surface area (Å²) in [6.45, 7) is 1.88. The number of benzene rings is 1. The number of nitro benzene ring substituents is 1. The molecular weight excluding hydrogens is 262 g/mol. The van der Waals surface area contributed by atoms with Gasteiger partial charge in [-0.1, -0.05) is 0 Å². The fourth-order valence-electron chi connectivity index (χ4n) is 2.36. The molecule has 2 N–H and O–H groups in total. The van der Waals surface area contributed by atoms with Gasteiger partial charge in [0.05, 0.1) is 11.0 Å². The quantitative estimate of drug-likeness (QED) is 0.616. The summed E-state index contributed by atoms with van der Waals surface area (Å²) in [5.41, 5.74) is 5.36. The molecule has 0 radical (unpaired) electrons. The van der Waals surface area contributed by atoms with Crippen LogP contribution in [-0.2, 0) is 4.79 Å². The molecule has 0 spiro atoms. The lowest BCUT2D eigenvalue weighted by Crippen LogP contribution is -2.42. The van der Waals surface area contributed by atoms with Gasteiger partial charge in [-0.3, -0.25) is 19.8 Å². The van der Waals surface area contributed by atoms with Crippen LogP contribution in [0, 0.1) is 10.1 Å². The molecule has 7 heteroatoms. The van der Waals surface area contributed by atoms with Crippen molar-refractivity contribution in [2.24, 2.45) is 5.73 Å². The maximum absolute atomic E-state index is 11.2. The summed E-state index contributed by atoms with van der Waals surface area (Å²) in [6.07, 6.45) is 1.76. The van der Waals surface area contributed by atoms with Crippen LogP contribution in [0.4, 0.5) is 5.69 Å². The molecular formula is C13H17N3O4. The Morgan fingerprint density at radius 3 is 2.75 bits per heavy atom. The first kappa shape index (κ1) is 14.3. The van der Waals surface area contributed by atoms with E-state index < -0.39 is 4.92 Å². The lowest BCUT2D eigenvalue weighted by Gasteiger charge is -2.21. The number of primary amides is 1. The van der Waals surface area contributed by atoms with Gasteiger partial charge >= 0.3 is 0 Å². The Hall–Kier alpha value is -2.15. The molecule has 2 rings (SSSR count). The number of nitro groups is 1. The molecule has 0 aliphatic carbocycles. The van der Waals surface area contributed by atoms with E-state index in [2.05, 4.69) is 0 Å². The molecule has 1 atom stereocenters. The molecule has 0 saturated carbocycles. The molecule has 1 aromatic carbocycles. The van der Waals surface area contributed by atoms with E-state index in [-0.39, 0.29) is 17.6 Å². The number of rotatable bonds is 6. The Morgan fingerprint density at radius 2 is 2.15 bits per heavy atom. The van der Waals surface area contributed by atoms with Gasteiger partial charge in [0.1, 0.15) is 12.4 Å². The lowest BCUT2D eigenvalue weighted by molar-refractivity contribution is -0.384. The van der Waals surface area contributed by atoms with Crippen molar-refractivity contribution in [3.05, 3.63) is 34.4 Å².